The van der Waals surface area contributed by atoms with Gasteiger partial charge in [-0.2, -0.15) is 0 Å². The van der Waals surface area contributed by atoms with Crippen LogP contribution < -0.4 is 5.32 Å². The van der Waals surface area contributed by atoms with E-state index in [0.717, 1.165) is 55.7 Å². The molecule has 0 saturated carbocycles. The van der Waals surface area contributed by atoms with E-state index in [1.807, 2.05) is 19.2 Å². The van der Waals surface area contributed by atoms with E-state index in [0.29, 0.717) is 18.0 Å². The molecule has 8 heteroatoms. The number of anilines is 2. The summed E-state index contributed by atoms with van der Waals surface area (Å²) < 4.78 is 7.41. The maximum absolute atomic E-state index is 5.22. The number of likely N-dealkylation sites (tertiary alicyclic amines) is 1. The van der Waals surface area contributed by atoms with Gasteiger partial charge in [-0.1, -0.05) is 12.1 Å². The average molecular weight is 464 g/mol. The molecule has 1 N–H and O–H groups in total. The Morgan fingerprint density at radius 3 is 2.71 bits per heavy atom. The highest BCUT2D eigenvalue weighted by atomic mass is 16.5. The molecule has 1 aromatic carbocycles. The number of hydrogen-bond acceptors (Lipinski definition) is 7. The van der Waals surface area contributed by atoms with E-state index in [2.05, 4.69) is 74.8 Å². The van der Waals surface area contributed by atoms with E-state index in [1.54, 1.807) is 13.3 Å². The van der Waals surface area contributed by atoms with Gasteiger partial charge in [0.05, 0.1) is 24.2 Å². The second-order valence-corrected chi connectivity index (χ2v) is 9.39. The van der Waals surface area contributed by atoms with Crippen molar-refractivity contribution in [3.63, 3.8) is 0 Å². The summed E-state index contributed by atoms with van der Waals surface area (Å²) in [6.07, 6.45) is 4.89. The fourth-order valence-corrected chi connectivity index (χ4v) is 4.67. The van der Waals surface area contributed by atoms with E-state index in [-0.39, 0.29) is 0 Å². The van der Waals surface area contributed by atoms with Crippen LogP contribution in [-0.2, 0) is 11.3 Å². The van der Waals surface area contributed by atoms with Gasteiger partial charge in [-0.15, -0.1) is 0 Å². The van der Waals surface area contributed by atoms with Crippen LogP contribution >= 0.6 is 0 Å². The van der Waals surface area contributed by atoms with Crippen LogP contribution in [0.3, 0.4) is 0 Å². The van der Waals surface area contributed by atoms with Crippen molar-refractivity contribution in [2.45, 2.75) is 45.8 Å². The van der Waals surface area contributed by atoms with Crippen LogP contribution in [0.25, 0.3) is 11.4 Å². The van der Waals surface area contributed by atoms with Gasteiger partial charge in [0.2, 0.25) is 5.95 Å². The average Bonchev–Trinajstić information content (AvgIpc) is 3.45. The zero-order valence-electron chi connectivity index (χ0n) is 21.0. The smallest absolute Gasteiger partial charge is 0.227 e. The van der Waals surface area contributed by atoms with Crippen LogP contribution in [-0.4, -0.2) is 75.8 Å². The minimum absolute atomic E-state index is 0.313. The van der Waals surface area contributed by atoms with Crippen LogP contribution in [0.1, 0.15) is 37.7 Å². The Bertz CT molecular complexity index is 1060. The lowest BCUT2D eigenvalue weighted by Gasteiger charge is -2.24. The number of likely N-dealkylation sites (N-methyl/N-ethyl adjacent to an activating group) is 1. The molecule has 0 spiro atoms. The van der Waals surface area contributed by atoms with Crippen molar-refractivity contribution >= 4 is 11.6 Å². The minimum Gasteiger partial charge on any atom is -0.383 e. The van der Waals surface area contributed by atoms with Crippen molar-refractivity contribution in [2.24, 2.45) is 0 Å². The standard InChI is InChI=1S/C26H37N7O/c1-19(2)33-20(3)28-16-25(33)24-10-12-27-26(30-24)29-22-8-6-21(7-9-22)17-32-13-11-23(18-32)31(4)14-15-34-5/h6-10,12,16,19,23H,11,13-15,17-18H2,1-5H3,(H,27,29,30)/t23-/m0/s1. The SMILES string of the molecule is COCCN(C)[C@H]1CCN(Cc2ccc(Nc3nccc(-c4cnc(C)n4C(C)C)n3)cc2)C1. The third-order valence-electron chi connectivity index (χ3n) is 6.55. The van der Waals surface area contributed by atoms with E-state index in [1.165, 1.54) is 12.0 Å². The summed E-state index contributed by atoms with van der Waals surface area (Å²) in [6, 6.07) is 11.4. The fraction of sp³-hybridized carbons (Fsp3) is 0.500. The van der Waals surface area contributed by atoms with Gasteiger partial charge in [0.15, 0.2) is 0 Å². The summed E-state index contributed by atoms with van der Waals surface area (Å²) in [7, 11) is 3.96. The number of aromatic nitrogens is 4. The number of nitrogens with zero attached hydrogens (tertiary/aromatic N) is 6. The summed E-state index contributed by atoms with van der Waals surface area (Å²) >= 11 is 0. The lowest BCUT2D eigenvalue weighted by Crippen LogP contribution is -2.36. The molecule has 1 fully saturated rings. The monoisotopic (exact) mass is 463 g/mol. The fourth-order valence-electron chi connectivity index (χ4n) is 4.67. The molecule has 1 aliphatic rings. The second kappa shape index (κ2) is 11.1. The molecule has 34 heavy (non-hydrogen) atoms. The van der Waals surface area contributed by atoms with E-state index < -0.39 is 0 Å². The van der Waals surface area contributed by atoms with Gasteiger partial charge in [0.25, 0.3) is 0 Å². The Balaban J connectivity index is 1.36. The topological polar surface area (TPSA) is 71.3 Å². The van der Waals surface area contributed by atoms with Gasteiger partial charge in [-0.05, 0) is 58.0 Å². The van der Waals surface area contributed by atoms with E-state index >= 15 is 0 Å². The number of methoxy groups -OCH3 is 1. The molecule has 182 valence electrons. The first-order valence-electron chi connectivity index (χ1n) is 12.1. The molecule has 3 aromatic rings. The molecule has 0 unspecified atom stereocenters. The quantitative estimate of drug-likeness (QED) is 0.485. The van der Waals surface area contributed by atoms with Gasteiger partial charge >= 0.3 is 0 Å². The largest absolute Gasteiger partial charge is 0.383 e. The lowest BCUT2D eigenvalue weighted by molar-refractivity contribution is 0.138. The minimum atomic E-state index is 0.313. The molecule has 0 radical (unpaired) electrons. The van der Waals surface area contributed by atoms with Crippen LogP contribution in [0.15, 0.2) is 42.7 Å². The predicted molar refractivity (Wildman–Crippen MR) is 136 cm³/mol. The highest BCUT2D eigenvalue weighted by molar-refractivity contribution is 5.59. The number of nitrogens with one attached hydrogen (secondary N) is 1. The Hall–Kier alpha value is -2.81. The van der Waals surface area contributed by atoms with Crippen molar-refractivity contribution in [3.8, 4) is 11.4 Å². The number of aryl methyl sites for hydroxylation is 1. The first-order chi connectivity index (χ1) is 16.4. The van der Waals surface area contributed by atoms with Crippen molar-refractivity contribution in [3.05, 3.63) is 54.1 Å². The number of hydrogen-bond donors (Lipinski definition) is 1. The zero-order chi connectivity index (χ0) is 24.1. The molecule has 0 bridgehead atoms. The summed E-state index contributed by atoms with van der Waals surface area (Å²) in [5.74, 6) is 1.57. The summed E-state index contributed by atoms with van der Waals surface area (Å²) in [6.45, 7) is 11.3. The normalized spacial score (nSPS) is 16.6. The molecule has 0 aliphatic carbocycles. The molecule has 1 atom stereocenters. The molecule has 1 saturated heterocycles. The molecule has 4 rings (SSSR count). The van der Waals surface area contributed by atoms with Gasteiger partial charge in [0.1, 0.15) is 5.82 Å². The predicted octanol–water partition coefficient (Wildman–Crippen LogP) is 4.13. The maximum Gasteiger partial charge on any atom is 0.227 e. The molecule has 1 aliphatic heterocycles. The van der Waals surface area contributed by atoms with Gasteiger partial charge in [-0.3, -0.25) is 9.80 Å². The van der Waals surface area contributed by atoms with Crippen molar-refractivity contribution < 1.29 is 4.74 Å². The first-order valence-corrected chi connectivity index (χ1v) is 12.1. The molecule has 2 aromatic heterocycles. The summed E-state index contributed by atoms with van der Waals surface area (Å²) in [5.41, 5.74) is 4.16. The number of ether oxygens (including phenoxy) is 1. The first kappa shape index (κ1) is 24.3. The molecular formula is C26H37N7O. The highest BCUT2D eigenvalue weighted by Crippen LogP contribution is 2.24. The zero-order valence-corrected chi connectivity index (χ0v) is 21.0. The summed E-state index contributed by atoms with van der Waals surface area (Å²) in [4.78, 5) is 18.6. The van der Waals surface area contributed by atoms with Crippen LogP contribution in [0.4, 0.5) is 11.6 Å². The van der Waals surface area contributed by atoms with Crippen molar-refractivity contribution in [2.75, 3.05) is 45.7 Å². The number of imidazole rings is 1. The van der Waals surface area contributed by atoms with Gasteiger partial charge in [0, 0.05) is 57.3 Å². The van der Waals surface area contributed by atoms with E-state index in [4.69, 9.17) is 9.72 Å². The summed E-state index contributed by atoms with van der Waals surface area (Å²) in [5, 5.41) is 3.35. The maximum atomic E-state index is 5.22. The van der Waals surface area contributed by atoms with Gasteiger partial charge < -0.3 is 14.6 Å². The third-order valence-corrected chi connectivity index (χ3v) is 6.55. The highest BCUT2D eigenvalue weighted by Gasteiger charge is 2.25. The molecular weight excluding hydrogens is 426 g/mol. The second-order valence-electron chi connectivity index (χ2n) is 9.39. The van der Waals surface area contributed by atoms with E-state index in [9.17, 15) is 0 Å². The molecule has 8 nitrogen and oxygen atoms in total. The Morgan fingerprint density at radius 2 is 1.97 bits per heavy atom. The molecule has 0 amide bonds. The Kier molecular flexibility index (Phi) is 7.92. The number of rotatable bonds is 10. The number of benzene rings is 1. The van der Waals surface area contributed by atoms with Crippen LogP contribution in [0, 0.1) is 6.92 Å². The van der Waals surface area contributed by atoms with Gasteiger partial charge in [-0.25, -0.2) is 15.0 Å². The van der Waals surface area contributed by atoms with Crippen LogP contribution in [0.5, 0.6) is 0 Å². The lowest BCUT2D eigenvalue weighted by atomic mass is 10.2. The third kappa shape index (κ3) is 5.81. The van der Waals surface area contributed by atoms with Crippen LogP contribution in [0.2, 0.25) is 0 Å². The Labute approximate surface area is 203 Å². The Morgan fingerprint density at radius 1 is 1.18 bits per heavy atom. The van der Waals surface area contributed by atoms with Crippen molar-refractivity contribution in [1.82, 2.24) is 29.3 Å². The van der Waals surface area contributed by atoms with Crippen molar-refractivity contribution in [1.29, 1.82) is 0 Å². The molecule has 3 heterocycles.